The van der Waals surface area contributed by atoms with Crippen molar-refractivity contribution in [2.75, 3.05) is 16.0 Å². The van der Waals surface area contributed by atoms with Gasteiger partial charge in [-0.15, -0.1) is 0 Å². The molecule has 1 heterocycles. The quantitative estimate of drug-likeness (QED) is 0.542. The maximum atomic E-state index is 12.2. The topological polar surface area (TPSA) is 70.2 Å². The number of nitrogens with one attached hydrogen (secondary N) is 3. The zero-order chi connectivity index (χ0) is 20.1. The van der Waals surface area contributed by atoms with E-state index >= 15 is 0 Å². The minimum Gasteiger partial charge on any atom is -0.356 e. The molecular weight excluding hydrogens is 362 g/mol. The van der Waals surface area contributed by atoms with Crippen LogP contribution >= 0.6 is 0 Å². The normalized spacial score (nSPS) is 12.2. The van der Waals surface area contributed by atoms with E-state index in [1.54, 1.807) is 0 Å². The van der Waals surface area contributed by atoms with Crippen molar-refractivity contribution in [2.24, 2.45) is 0 Å². The number of aryl methyl sites for hydroxylation is 1. The molecule has 2 amide bonds. The molecule has 3 N–H and O–H groups in total. The second kappa shape index (κ2) is 8.61. The lowest BCUT2D eigenvalue weighted by atomic mass is 10.0. The lowest BCUT2D eigenvalue weighted by molar-refractivity contribution is -0.116. The number of anilines is 4. The summed E-state index contributed by atoms with van der Waals surface area (Å²) >= 11 is 0. The largest absolute Gasteiger partial charge is 0.356 e. The molecule has 0 aromatic heterocycles. The molecule has 29 heavy (non-hydrogen) atoms. The molecule has 0 unspecified atom stereocenters. The monoisotopic (exact) mass is 385 g/mol. The standard InChI is InChI=1S/C24H23N3O2/c28-23(8-4-5-17-9-14-22-18(15-17)16-24(29)27-22)26-21-12-10-20(11-13-21)25-19-6-2-1-3-7-19/h1-3,6-7,9-15,25H,4-5,8,16H2,(H,26,28)(H,27,29). The van der Waals surface area contributed by atoms with Crippen molar-refractivity contribution in [1.82, 2.24) is 0 Å². The Labute approximate surface area is 170 Å². The van der Waals surface area contributed by atoms with Gasteiger partial charge in [-0.05, 0) is 66.4 Å². The fourth-order valence-electron chi connectivity index (χ4n) is 3.44. The van der Waals surface area contributed by atoms with E-state index in [1.807, 2.05) is 66.7 Å². The van der Waals surface area contributed by atoms with Crippen molar-refractivity contribution >= 4 is 34.6 Å². The highest BCUT2D eigenvalue weighted by Gasteiger charge is 2.17. The van der Waals surface area contributed by atoms with E-state index in [4.69, 9.17) is 0 Å². The molecule has 5 nitrogen and oxygen atoms in total. The van der Waals surface area contributed by atoms with E-state index in [0.29, 0.717) is 12.8 Å². The molecule has 0 spiro atoms. The summed E-state index contributed by atoms with van der Waals surface area (Å²) in [7, 11) is 0. The molecule has 3 aromatic carbocycles. The number of hydrogen-bond donors (Lipinski definition) is 3. The molecule has 0 aliphatic carbocycles. The third-order valence-corrected chi connectivity index (χ3v) is 4.90. The Morgan fingerprint density at radius 1 is 0.897 bits per heavy atom. The summed E-state index contributed by atoms with van der Waals surface area (Å²) in [6.45, 7) is 0. The molecule has 4 rings (SSSR count). The zero-order valence-corrected chi connectivity index (χ0v) is 16.1. The van der Waals surface area contributed by atoms with Gasteiger partial charge in [0.1, 0.15) is 0 Å². The molecule has 0 saturated carbocycles. The highest BCUT2D eigenvalue weighted by molar-refractivity contribution is 5.99. The fourth-order valence-corrected chi connectivity index (χ4v) is 3.44. The SMILES string of the molecule is O=C(CCCc1ccc2c(c1)CC(=O)N2)Nc1ccc(Nc2ccccc2)cc1. The second-order valence-electron chi connectivity index (χ2n) is 7.19. The van der Waals surface area contributed by atoms with E-state index in [1.165, 1.54) is 0 Å². The van der Waals surface area contributed by atoms with Crippen LogP contribution in [-0.4, -0.2) is 11.8 Å². The molecule has 0 fully saturated rings. The maximum absolute atomic E-state index is 12.2. The lowest BCUT2D eigenvalue weighted by Crippen LogP contribution is -2.11. The Morgan fingerprint density at radius 3 is 2.41 bits per heavy atom. The number of rotatable bonds is 7. The van der Waals surface area contributed by atoms with Gasteiger partial charge in [-0.1, -0.05) is 30.3 Å². The van der Waals surface area contributed by atoms with E-state index in [2.05, 4.69) is 22.0 Å². The van der Waals surface area contributed by atoms with Gasteiger partial charge >= 0.3 is 0 Å². The van der Waals surface area contributed by atoms with Crippen LogP contribution in [0.25, 0.3) is 0 Å². The second-order valence-corrected chi connectivity index (χ2v) is 7.19. The Kier molecular flexibility index (Phi) is 5.56. The third kappa shape index (κ3) is 5.02. The van der Waals surface area contributed by atoms with Crippen molar-refractivity contribution in [1.29, 1.82) is 0 Å². The molecule has 1 aliphatic rings. The lowest BCUT2D eigenvalue weighted by Gasteiger charge is -2.09. The number of carbonyl (C=O) groups is 2. The molecule has 146 valence electrons. The van der Waals surface area contributed by atoms with Gasteiger partial charge in [0.15, 0.2) is 0 Å². The first-order chi connectivity index (χ1) is 14.2. The first-order valence-electron chi connectivity index (χ1n) is 9.79. The Bertz CT molecular complexity index is 1010. The fraction of sp³-hybridized carbons (Fsp3) is 0.167. The summed E-state index contributed by atoms with van der Waals surface area (Å²) in [5.74, 6) is 0.0493. The van der Waals surface area contributed by atoms with E-state index in [9.17, 15) is 9.59 Å². The highest BCUT2D eigenvalue weighted by Crippen LogP contribution is 2.24. The first-order valence-corrected chi connectivity index (χ1v) is 9.79. The Morgan fingerprint density at radius 2 is 1.62 bits per heavy atom. The molecular formula is C24H23N3O2. The van der Waals surface area contributed by atoms with Crippen molar-refractivity contribution in [3.05, 3.63) is 83.9 Å². The number of fused-ring (bicyclic) bond motifs is 1. The van der Waals surface area contributed by atoms with Gasteiger partial charge in [0.05, 0.1) is 6.42 Å². The molecule has 1 aliphatic heterocycles. The van der Waals surface area contributed by atoms with Crippen LogP contribution in [0.5, 0.6) is 0 Å². The number of hydrogen-bond acceptors (Lipinski definition) is 3. The summed E-state index contributed by atoms with van der Waals surface area (Å²) in [5, 5.41) is 9.10. The van der Waals surface area contributed by atoms with Crippen LogP contribution in [0.4, 0.5) is 22.7 Å². The van der Waals surface area contributed by atoms with E-state index in [-0.39, 0.29) is 11.8 Å². The summed E-state index contributed by atoms with van der Waals surface area (Å²) in [6, 6.07) is 23.7. The molecule has 0 radical (unpaired) electrons. The summed E-state index contributed by atoms with van der Waals surface area (Å²) in [6.07, 6.45) is 2.48. The van der Waals surface area contributed by atoms with Crippen LogP contribution in [0.15, 0.2) is 72.8 Å². The molecule has 0 atom stereocenters. The number of para-hydroxylation sites is 1. The van der Waals surface area contributed by atoms with Crippen LogP contribution in [0.1, 0.15) is 24.0 Å². The average molecular weight is 385 g/mol. The zero-order valence-electron chi connectivity index (χ0n) is 16.1. The van der Waals surface area contributed by atoms with Gasteiger partial charge in [-0.3, -0.25) is 9.59 Å². The Balaban J connectivity index is 1.24. The van der Waals surface area contributed by atoms with Gasteiger partial charge < -0.3 is 16.0 Å². The number of amides is 2. The summed E-state index contributed by atoms with van der Waals surface area (Å²) in [4.78, 5) is 23.7. The van der Waals surface area contributed by atoms with E-state index < -0.39 is 0 Å². The predicted molar refractivity (Wildman–Crippen MR) is 117 cm³/mol. The molecule has 0 saturated heterocycles. The van der Waals surface area contributed by atoms with Crippen LogP contribution in [0.2, 0.25) is 0 Å². The van der Waals surface area contributed by atoms with Gasteiger partial charge in [-0.2, -0.15) is 0 Å². The summed E-state index contributed by atoms with van der Waals surface area (Å²) < 4.78 is 0. The molecule has 5 heteroatoms. The van der Waals surface area contributed by atoms with Gasteiger partial charge in [0.25, 0.3) is 0 Å². The van der Waals surface area contributed by atoms with Gasteiger partial charge in [0, 0.05) is 29.2 Å². The van der Waals surface area contributed by atoms with Crippen LogP contribution in [0.3, 0.4) is 0 Å². The predicted octanol–water partition coefficient (Wildman–Crippen LogP) is 4.89. The average Bonchev–Trinajstić information content (AvgIpc) is 3.09. The minimum absolute atomic E-state index is 0.00627. The number of benzene rings is 3. The van der Waals surface area contributed by atoms with Crippen molar-refractivity contribution in [3.8, 4) is 0 Å². The Hall–Kier alpha value is -3.60. The van der Waals surface area contributed by atoms with Crippen LogP contribution < -0.4 is 16.0 Å². The smallest absolute Gasteiger partial charge is 0.228 e. The maximum Gasteiger partial charge on any atom is 0.228 e. The molecule has 3 aromatic rings. The third-order valence-electron chi connectivity index (χ3n) is 4.90. The van der Waals surface area contributed by atoms with Crippen LogP contribution in [0, 0.1) is 0 Å². The van der Waals surface area contributed by atoms with Crippen molar-refractivity contribution < 1.29 is 9.59 Å². The van der Waals surface area contributed by atoms with Gasteiger partial charge in [0.2, 0.25) is 11.8 Å². The van der Waals surface area contributed by atoms with Crippen LogP contribution in [-0.2, 0) is 22.4 Å². The van der Waals surface area contributed by atoms with E-state index in [0.717, 1.165) is 46.7 Å². The minimum atomic E-state index is 0.00627. The summed E-state index contributed by atoms with van der Waals surface area (Å²) in [5.41, 5.74) is 5.89. The first kappa shape index (κ1) is 18.7. The van der Waals surface area contributed by atoms with Crippen molar-refractivity contribution in [2.45, 2.75) is 25.7 Å². The van der Waals surface area contributed by atoms with Gasteiger partial charge in [-0.25, -0.2) is 0 Å². The highest BCUT2D eigenvalue weighted by atomic mass is 16.2. The van der Waals surface area contributed by atoms with Crippen molar-refractivity contribution in [3.63, 3.8) is 0 Å². The number of carbonyl (C=O) groups excluding carboxylic acids is 2. The molecule has 0 bridgehead atoms.